The Bertz CT molecular complexity index is 1140. The van der Waals surface area contributed by atoms with Gasteiger partial charge in [0.1, 0.15) is 16.2 Å². The number of aliphatic carboxylic acids is 1. The summed E-state index contributed by atoms with van der Waals surface area (Å²) in [4.78, 5) is 33.9. The van der Waals surface area contributed by atoms with E-state index in [4.69, 9.17) is 14.9 Å². The molecule has 3 N–H and O–H groups in total. The predicted octanol–water partition coefficient (Wildman–Crippen LogP) is 2.87. The fourth-order valence-corrected chi connectivity index (χ4v) is 4.20. The maximum atomic E-state index is 12.7. The highest BCUT2D eigenvalue weighted by molar-refractivity contribution is 9.10. The molecule has 0 spiro atoms. The highest BCUT2D eigenvalue weighted by Gasteiger charge is 2.38. The Hall–Kier alpha value is -2.78. The number of fused-ring (bicyclic) bond motifs is 1. The molecule has 15 heteroatoms. The van der Waals surface area contributed by atoms with Crippen molar-refractivity contribution in [2.24, 2.45) is 7.05 Å². The highest BCUT2D eigenvalue weighted by Crippen LogP contribution is 2.27. The Morgan fingerprint density at radius 1 is 1.30 bits per heavy atom. The molecule has 33 heavy (non-hydrogen) atoms. The lowest BCUT2D eigenvalue weighted by Gasteiger charge is -2.20. The van der Waals surface area contributed by atoms with Crippen molar-refractivity contribution >= 4 is 61.0 Å². The number of amides is 1. The van der Waals surface area contributed by atoms with Gasteiger partial charge >= 0.3 is 12.1 Å². The summed E-state index contributed by atoms with van der Waals surface area (Å²) in [5.74, 6) is -2.15. The molecule has 0 radical (unpaired) electrons. The van der Waals surface area contributed by atoms with Gasteiger partial charge in [0.2, 0.25) is 0 Å². The quantitative estimate of drug-likeness (QED) is 0.455. The Kier molecular flexibility index (Phi) is 7.86. The minimum atomic E-state index is -5.08. The van der Waals surface area contributed by atoms with E-state index in [0.29, 0.717) is 21.4 Å². The number of aromatic nitrogens is 4. The van der Waals surface area contributed by atoms with Crippen LogP contribution in [0.4, 0.5) is 24.7 Å². The van der Waals surface area contributed by atoms with Gasteiger partial charge in [0.05, 0.1) is 17.4 Å². The number of thiophene rings is 1. The van der Waals surface area contributed by atoms with Gasteiger partial charge in [-0.2, -0.15) is 18.3 Å². The number of aryl methyl sites for hydroxylation is 1. The number of nitrogens with one attached hydrogen (secondary N) is 2. The zero-order valence-corrected chi connectivity index (χ0v) is 19.6. The van der Waals surface area contributed by atoms with Gasteiger partial charge in [-0.1, -0.05) is 0 Å². The zero-order valence-electron chi connectivity index (χ0n) is 17.2. The van der Waals surface area contributed by atoms with Crippen LogP contribution in [0.2, 0.25) is 0 Å². The van der Waals surface area contributed by atoms with Crippen LogP contribution in [0.3, 0.4) is 0 Å². The number of nitrogens with zero attached hydrogens (tertiary/aromatic N) is 5. The van der Waals surface area contributed by atoms with Crippen molar-refractivity contribution in [2.45, 2.75) is 12.6 Å². The predicted molar refractivity (Wildman–Crippen MR) is 120 cm³/mol. The summed E-state index contributed by atoms with van der Waals surface area (Å²) < 4.78 is 34.0. The number of hydrogen-bond acceptors (Lipinski definition) is 8. The van der Waals surface area contributed by atoms with Gasteiger partial charge in [0.15, 0.2) is 4.60 Å². The molecule has 0 atom stereocenters. The third-order valence-electron chi connectivity index (χ3n) is 4.45. The largest absolute Gasteiger partial charge is 0.490 e. The zero-order chi connectivity index (χ0) is 24.2. The van der Waals surface area contributed by atoms with Gasteiger partial charge in [-0.05, 0) is 28.9 Å². The molecule has 0 bridgehead atoms. The Morgan fingerprint density at radius 2 is 2.03 bits per heavy atom. The number of rotatable bonds is 3. The van der Waals surface area contributed by atoms with Crippen molar-refractivity contribution in [1.29, 1.82) is 0 Å². The van der Waals surface area contributed by atoms with Crippen molar-refractivity contribution in [1.82, 2.24) is 25.1 Å². The van der Waals surface area contributed by atoms with Crippen LogP contribution in [-0.4, -0.2) is 69.1 Å². The molecule has 4 heterocycles. The van der Waals surface area contributed by atoms with E-state index in [0.717, 1.165) is 43.2 Å². The van der Waals surface area contributed by atoms with Crippen LogP contribution < -0.4 is 15.5 Å². The molecule has 1 amide bonds. The van der Waals surface area contributed by atoms with Crippen molar-refractivity contribution in [2.75, 3.05) is 36.4 Å². The summed E-state index contributed by atoms with van der Waals surface area (Å²) in [6.45, 7) is 3.75. The monoisotopic (exact) mass is 549 g/mol. The second-order valence-corrected chi connectivity index (χ2v) is 8.50. The van der Waals surface area contributed by atoms with E-state index in [9.17, 15) is 18.0 Å². The van der Waals surface area contributed by atoms with E-state index in [1.54, 1.807) is 29.5 Å². The number of carbonyl (C=O) groups is 2. The summed E-state index contributed by atoms with van der Waals surface area (Å²) in [5.41, 5.74) is 1.80. The van der Waals surface area contributed by atoms with Crippen LogP contribution in [0.1, 0.15) is 16.8 Å². The summed E-state index contributed by atoms with van der Waals surface area (Å²) in [7, 11) is 1.80. The first-order valence-electron chi connectivity index (χ1n) is 9.56. The second kappa shape index (κ2) is 10.4. The summed E-state index contributed by atoms with van der Waals surface area (Å²) in [6, 6.07) is 0. The number of carbonyl (C=O) groups excluding carboxylic acids is 1. The molecule has 1 aliphatic heterocycles. The lowest BCUT2D eigenvalue weighted by atomic mass is 10.2. The van der Waals surface area contributed by atoms with E-state index in [1.165, 1.54) is 11.3 Å². The molecule has 0 aliphatic carbocycles. The smallest absolute Gasteiger partial charge is 0.475 e. The molecule has 178 valence electrons. The van der Waals surface area contributed by atoms with Crippen LogP contribution in [-0.2, 0) is 11.8 Å². The van der Waals surface area contributed by atoms with E-state index in [-0.39, 0.29) is 5.91 Å². The number of halogens is 4. The molecule has 10 nitrogen and oxygen atoms in total. The second-order valence-electron chi connectivity index (χ2n) is 6.89. The minimum absolute atomic E-state index is 0.214. The highest BCUT2D eigenvalue weighted by atomic mass is 79.9. The first-order chi connectivity index (χ1) is 15.6. The Labute approximate surface area is 197 Å². The lowest BCUT2D eigenvalue weighted by molar-refractivity contribution is -0.192. The van der Waals surface area contributed by atoms with E-state index in [2.05, 4.69) is 41.5 Å². The Morgan fingerprint density at radius 3 is 2.67 bits per heavy atom. The first kappa shape index (κ1) is 24.9. The van der Waals surface area contributed by atoms with Crippen LogP contribution >= 0.6 is 27.3 Å². The topological polar surface area (TPSA) is 125 Å². The number of carboxylic acids is 1. The molecule has 0 aromatic carbocycles. The van der Waals surface area contributed by atoms with E-state index < -0.39 is 12.1 Å². The molecule has 3 aromatic rings. The van der Waals surface area contributed by atoms with Gasteiger partial charge in [0.25, 0.3) is 5.91 Å². The summed E-state index contributed by atoms with van der Waals surface area (Å²) in [5, 5.41) is 19.4. The third kappa shape index (κ3) is 6.39. The SMILES string of the molecule is Cn1cc(NC(=O)c2csc3ncc(N4CCCNCC4)nc23)c(Br)n1.O=C(O)C(F)(F)F. The Balaban J connectivity index is 0.000000383. The van der Waals surface area contributed by atoms with Gasteiger partial charge in [-0.15, -0.1) is 11.3 Å². The number of carboxylic acid groups (broad SMARTS) is 1. The molecule has 4 rings (SSSR count). The summed E-state index contributed by atoms with van der Waals surface area (Å²) >= 11 is 4.77. The molecular weight excluding hydrogens is 531 g/mol. The molecular formula is C18H19BrF3N7O3S. The van der Waals surface area contributed by atoms with Crippen molar-refractivity contribution in [3.63, 3.8) is 0 Å². The molecule has 0 unspecified atom stereocenters. The van der Waals surface area contributed by atoms with Gasteiger partial charge in [-0.25, -0.2) is 14.8 Å². The van der Waals surface area contributed by atoms with E-state index >= 15 is 0 Å². The van der Waals surface area contributed by atoms with Crippen LogP contribution in [0.5, 0.6) is 0 Å². The first-order valence-corrected chi connectivity index (χ1v) is 11.2. The molecule has 3 aromatic heterocycles. The van der Waals surface area contributed by atoms with Crippen molar-refractivity contribution in [3.05, 3.63) is 27.9 Å². The van der Waals surface area contributed by atoms with Gasteiger partial charge < -0.3 is 20.6 Å². The minimum Gasteiger partial charge on any atom is -0.475 e. The fourth-order valence-electron chi connectivity index (χ4n) is 2.92. The molecule has 0 saturated carbocycles. The van der Waals surface area contributed by atoms with E-state index in [1.807, 2.05) is 0 Å². The number of alkyl halides is 3. The van der Waals surface area contributed by atoms with Gasteiger partial charge in [-0.3, -0.25) is 9.48 Å². The van der Waals surface area contributed by atoms with Crippen molar-refractivity contribution in [3.8, 4) is 0 Å². The standard InChI is InChI=1S/C16H18BrN7OS.C2HF3O2/c1-23-8-11(14(17)22-23)20-15(25)10-9-26-16-13(10)21-12(7-19-16)24-5-2-3-18-4-6-24;3-2(4,5)1(6)7/h7-9,18H,2-6H2,1H3,(H,20,25);(H,6,7). The summed E-state index contributed by atoms with van der Waals surface area (Å²) in [6.07, 6.45) is -0.479. The molecule has 1 fully saturated rings. The third-order valence-corrected chi connectivity index (χ3v) is 5.91. The van der Waals surface area contributed by atoms with Gasteiger partial charge in [0, 0.05) is 38.3 Å². The maximum absolute atomic E-state index is 12.7. The average Bonchev–Trinajstić information content (AvgIpc) is 3.17. The molecule has 1 saturated heterocycles. The maximum Gasteiger partial charge on any atom is 0.490 e. The van der Waals surface area contributed by atoms with Crippen LogP contribution in [0.15, 0.2) is 22.4 Å². The number of anilines is 2. The number of hydrogen-bond donors (Lipinski definition) is 3. The lowest BCUT2D eigenvalue weighted by Crippen LogP contribution is -2.28. The normalized spacial score (nSPS) is 14.4. The average molecular weight is 550 g/mol. The fraction of sp³-hybridized carbons (Fsp3) is 0.389. The molecule has 1 aliphatic rings. The van der Waals surface area contributed by atoms with Crippen LogP contribution in [0, 0.1) is 0 Å². The van der Waals surface area contributed by atoms with Crippen molar-refractivity contribution < 1.29 is 27.9 Å². The van der Waals surface area contributed by atoms with Crippen LogP contribution in [0.25, 0.3) is 10.3 Å².